The van der Waals surface area contributed by atoms with Gasteiger partial charge in [0.25, 0.3) is 5.78 Å². The minimum Gasteiger partial charge on any atom is -0.501 e. The maximum absolute atomic E-state index is 13.0. The van der Waals surface area contributed by atoms with Crippen LogP contribution in [-0.2, 0) is 25.2 Å². The number of rotatable bonds is 6. The van der Waals surface area contributed by atoms with E-state index in [9.17, 15) is 22.7 Å². The lowest BCUT2D eigenvalue weighted by atomic mass is 9.92. The van der Waals surface area contributed by atoms with Gasteiger partial charge in [-0.25, -0.2) is 12.8 Å². The van der Waals surface area contributed by atoms with Crippen LogP contribution in [0.3, 0.4) is 0 Å². The number of alkyl halides is 1. The summed E-state index contributed by atoms with van der Waals surface area (Å²) in [4.78, 5) is 12.3. The van der Waals surface area contributed by atoms with E-state index in [1.807, 2.05) is 0 Å². The quantitative estimate of drug-likeness (QED) is 0.704. The van der Waals surface area contributed by atoms with Crippen LogP contribution in [0.1, 0.15) is 18.9 Å². The molecular formula is C14H15BrFNO5S. The molecule has 1 heterocycles. The Hall–Kier alpha value is -1.61. The van der Waals surface area contributed by atoms with Gasteiger partial charge in [0.2, 0.25) is 21.7 Å². The van der Waals surface area contributed by atoms with Crippen LogP contribution in [0.15, 0.2) is 35.9 Å². The summed E-state index contributed by atoms with van der Waals surface area (Å²) in [7, 11) is -3.76. The van der Waals surface area contributed by atoms with Crippen LogP contribution in [0.2, 0.25) is 0 Å². The number of benzene rings is 1. The minimum absolute atomic E-state index is 0.195. The first kappa shape index (κ1) is 17.7. The number of ether oxygens (including phenoxy) is 1. The zero-order valence-electron chi connectivity index (χ0n) is 12.2. The lowest BCUT2D eigenvalue weighted by Gasteiger charge is -2.23. The van der Waals surface area contributed by atoms with Gasteiger partial charge >= 0.3 is 0 Å². The van der Waals surface area contributed by atoms with Gasteiger partial charge in [-0.05, 0) is 25.5 Å². The molecule has 9 heteroatoms. The molecule has 6 nitrogen and oxygen atoms in total. The fourth-order valence-corrected chi connectivity index (χ4v) is 3.79. The lowest BCUT2D eigenvalue weighted by Crippen LogP contribution is -2.32. The summed E-state index contributed by atoms with van der Waals surface area (Å²) in [5.74, 6) is -2.81. The molecule has 0 saturated heterocycles. The van der Waals surface area contributed by atoms with Gasteiger partial charge < -0.3 is 9.84 Å². The first-order valence-electron chi connectivity index (χ1n) is 6.69. The van der Waals surface area contributed by atoms with Crippen LogP contribution in [0.4, 0.5) is 4.39 Å². The van der Waals surface area contributed by atoms with Crippen molar-refractivity contribution in [2.24, 2.45) is 0 Å². The SMILES string of the molecule is CC1(c2ccc(F)cc2)OC(NS(=O)(=O)CCCBr)=C(O)C1=O. The highest BCUT2D eigenvalue weighted by Crippen LogP contribution is 2.37. The summed E-state index contributed by atoms with van der Waals surface area (Å²) in [5.41, 5.74) is -1.32. The predicted molar refractivity (Wildman–Crippen MR) is 84.8 cm³/mol. The molecule has 0 radical (unpaired) electrons. The predicted octanol–water partition coefficient (Wildman–Crippen LogP) is 2.07. The van der Waals surface area contributed by atoms with Crippen LogP contribution < -0.4 is 4.72 Å². The Labute approximate surface area is 141 Å². The van der Waals surface area contributed by atoms with E-state index in [4.69, 9.17) is 4.74 Å². The third-order valence-electron chi connectivity index (χ3n) is 3.36. The van der Waals surface area contributed by atoms with Crippen LogP contribution in [0, 0.1) is 5.82 Å². The fraction of sp³-hybridized carbons (Fsp3) is 0.357. The molecule has 0 aliphatic carbocycles. The largest absolute Gasteiger partial charge is 0.501 e. The van der Waals surface area contributed by atoms with Crippen molar-refractivity contribution in [3.8, 4) is 0 Å². The van der Waals surface area contributed by atoms with E-state index in [0.29, 0.717) is 17.3 Å². The summed E-state index contributed by atoms with van der Waals surface area (Å²) >= 11 is 3.12. The average Bonchev–Trinajstić information content (AvgIpc) is 2.70. The van der Waals surface area contributed by atoms with Crippen LogP contribution in [-0.4, -0.2) is 30.4 Å². The standard InChI is InChI=1S/C14H15BrFNO5S/c1-14(9-3-5-10(16)6-4-9)12(19)11(18)13(22-14)17-23(20,21)8-2-7-15/h3-6,17-18H,2,7-8H2,1H3. The number of halogens is 2. The summed E-state index contributed by atoms with van der Waals surface area (Å²) in [6, 6.07) is 4.96. The molecule has 0 saturated carbocycles. The highest BCUT2D eigenvalue weighted by molar-refractivity contribution is 9.09. The van der Waals surface area contributed by atoms with Gasteiger partial charge in [0, 0.05) is 10.9 Å². The van der Waals surface area contributed by atoms with Gasteiger partial charge in [0.15, 0.2) is 5.60 Å². The molecule has 23 heavy (non-hydrogen) atoms. The molecule has 1 unspecified atom stereocenters. The fourth-order valence-electron chi connectivity index (χ4n) is 2.09. The van der Waals surface area contributed by atoms with Gasteiger partial charge in [-0.1, -0.05) is 28.1 Å². The minimum atomic E-state index is -3.76. The van der Waals surface area contributed by atoms with Crippen LogP contribution in [0.5, 0.6) is 0 Å². The van der Waals surface area contributed by atoms with E-state index < -0.39 is 38.9 Å². The number of nitrogens with one attached hydrogen (secondary N) is 1. The van der Waals surface area contributed by atoms with Crippen molar-refractivity contribution < 1.29 is 27.4 Å². The zero-order valence-corrected chi connectivity index (χ0v) is 14.6. The molecule has 2 rings (SSSR count). The Morgan fingerprint density at radius 2 is 1.96 bits per heavy atom. The van der Waals surface area contributed by atoms with Crippen molar-refractivity contribution in [2.75, 3.05) is 11.1 Å². The first-order chi connectivity index (χ1) is 10.7. The molecule has 0 spiro atoms. The molecule has 1 aromatic carbocycles. The normalized spacial score (nSPS) is 21.4. The first-order valence-corrected chi connectivity index (χ1v) is 9.46. The Morgan fingerprint density at radius 3 is 2.52 bits per heavy atom. The van der Waals surface area contributed by atoms with Crippen molar-refractivity contribution in [1.29, 1.82) is 0 Å². The number of Topliss-reactive ketones (excluding diaryl/α,β-unsaturated/α-hetero) is 1. The van der Waals surface area contributed by atoms with Gasteiger partial charge in [0.05, 0.1) is 5.75 Å². The monoisotopic (exact) mass is 407 g/mol. The Balaban J connectivity index is 2.25. The summed E-state index contributed by atoms with van der Waals surface area (Å²) in [6.07, 6.45) is 0.354. The third-order valence-corrected chi connectivity index (χ3v) is 5.24. The van der Waals surface area contributed by atoms with E-state index in [2.05, 4.69) is 20.7 Å². The summed E-state index contributed by atoms with van der Waals surface area (Å²) in [5, 5.41) is 10.4. The number of hydrogen-bond acceptors (Lipinski definition) is 5. The van der Waals surface area contributed by atoms with Gasteiger partial charge in [-0.2, -0.15) is 0 Å². The van der Waals surface area contributed by atoms with E-state index >= 15 is 0 Å². The van der Waals surface area contributed by atoms with Gasteiger partial charge in [0.1, 0.15) is 5.82 Å². The molecule has 0 bridgehead atoms. The smallest absolute Gasteiger partial charge is 0.250 e. The van der Waals surface area contributed by atoms with Gasteiger partial charge in [-0.3, -0.25) is 9.52 Å². The van der Waals surface area contributed by atoms with E-state index in [0.717, 1.165) is 12.1 Å². The Bertz CT molecular complexity index is 747. The molecule has 1 aliphatic heterocycles. The highest BCUT2D eigenvalue weighted by atomic mass is 79.9. The average molecular weight is 408 g/mol. The summed E-state index contributed by atoms with van der Waals surface area (Å²) < 4.78 is 44.2. The second-order valence-corrected chi connectivity index (χ2v) is 7.75. The maximum Gasteiger partial charge on any atom is 0.250 e. The molecule has 1 atom stereocenters. The second-order valence-electron chi connectivity index (χ2n) is 5.11. The number of carbonyl (C=O) groups is 1. The van der Waals surface area contributed by atoms with Crippen molar-refractivity contribution in [1.82, 2.24) is 4.72 Å². The molecular weight excluding hydrogens is 393 g/mol. The molecule has 0 amide bonds. The molecule has 0 aromatic heterocycles. The Morgan fingerprint density at radius 1 is 1.35 bits per heavy atom. The topological polar surface area (TPSA) is 92.7 Å². The molecule has 126 valence electrons. The van der Waals surface area contributed by atoms with Gasteiger partial charge in [-0.15, -0.1) is 0 Å². The number of hydrogen-bond donors (Lipinski definition) is 2. The number of ketones is 1. The van der Waals surface area contributed by atoms with Crippen molar-refractivity contribution >= 4 is 31.7 Å². The van der Waals surface area contributed by atoms with Crippen LogP contribution in [0.25, 0.3) is 0 Å². The third kappa shape index (κ3) is 3.66. The van der Waals surface area contributed by atoms with E-state index in [-0.39, 0.29) is 5.75 Å². The van der Waals surface area contributed by atoms with Crippen molar-refractivity contribution in [3.05, 3.63) is 47.3 Å². The van der Waals surface area contributed by atoms with E-state index in [1.165, 1.54) is 19.1 Å². The number of sulfonamides is 1. The summed E-state index contributed by atoms with van der Waals surface area (Å²) in [6.45, 7) is 1.37. The molecule has 0 fully saturated rings. The van der Waals surface area contributed by atoms with E-state index in [1.54, 1.807) is 0 Å². The maximum atomic E-state index is 13.0. The van der Waals surface area contributed by atoms with Crippen molar-refractivity contribution in [3.63, 3.8) is 0 Å². The number of carbonyl (C=O) groups excluding carboxylic acids is 1. The Kier molecular flexibility index (Phi) is 5.00. The molecule has 1 aliphatic rings. The zero-order chi connectivity index (χ0) is 17.3. The molecule has 2 N–H and O–H groups in total. The molecule has 1 aromatic rings. The van der Waals surface area contributed by atoms with Crippen LogP contribution >= 0.6 is 15.9 Å². The lowest BCUT2D eigenvalue weighted by molar-refractivity contribution is -0.131. The highest BCUT2D eigenvalue weighted by Gasteiger charge is 2.48. The number of aliphatic hydroxyl groups excluding tert-OH is 1. The second kappa shape index (κ2) is 6.48. The number of aliphatic hydroxyl groups is 1. The van der Waals surface area contributed by atoms with Crippen molar-refractivity contribution in [2.45, 2.75) is 18.9 Å².